The summed E-state index contributed by atoms with van der Waals surface area (Å²) in [5.41, 5.74) is 7.18. The SMILES string of the molecule is NC(CCC(=O)Nc1cc(Br)ccc1F)c1ccccc1. The molecular formula is C16H16BrFN2O. The summed E-state index contributed by atoms with van der Waals surface area (Å²) in [7, 11) is 0. The van der Waals surface area contributed by atoms with Crippen LogP contribution in [0.2, 0.25) is 0 Å². The highest BCUT2D eigenvalue weighted by Gasteiger charge is 2.11. The minimum absolute atomic E-state index is 0.169. The van der Waals surface area contributed by atoms with Gasteiger partial charge in [-0.25, -0.2) is 4.39 Å². The number of rotatable bonds is 5. The van der Waals surface area contributed by atoms with Gasteiger partial charge in [0.05, 0.1) is 5.69 Å². The molecule has 0 bridgehead atoms. The molecule has 2 aromatic rings. The van der Waals surface area contributed by atoms with E-state index in [0.29, 0.717) is 10.9 Å². The van der Waals surface area contributed by atoms with E-state index in [0.717, 1.165) is 5.56 Å². The summed E-state index contributed by atoms with van der Waals surface area (Å²) in [6.07, 6.45) is 0.744. The zero-order valence-electron chi connectivity index (χ0n) is 11.4. The van der Waals surface area contributed by atoms with E-state index >= 15 is 0 Å². The van der Waals surface area contributed by atoms with Crippen LogP contribution in [0, 0.1) is 5.82 Å². The van der Waals surface area contributed by atoms with Crippen LogP contribution < -0.4 is 11.1 Å². The lowest BCUT2D eigenvalue weighted by Gasteiger charge is -2.12. The molecule has 0 spiro atoms. The predicted molar refractivity (Wildman–Crippen MR) is 85.3 cm³/mol. The number of nitrogens with two attached hydrogens (primary N) is 1. The number of amides is 1. The van der Waals surface area contributed by atoms with Crippen molar-refractivity contribution in [2.45, 2.75) is 18.9 Å². The van der Waals surface area contributed by atoms with Gasteiger partial charge in [0.1, 0.15) is 5.82 Å². The molecule has 0 saturated heterocycles. The molecule has 0 aromatic heterocycles. The van der Waals surface area contributed by atoms with Gasteiger partial charge < -0.3 is 11.1 Å². The molecule has 0 saturated carbocycles. The molecule has 0 aliphatic heterocycles. The van der Waals surface area contributed by atoms with Crippen molar-refractivity contribution < 1.29 is 9.18 Å². The van der Waals surface area contributed by atoms with E-state index in [1.807, 2.05) is 30.3 Å². The van der Waals surface area contributed by atoms with Gasteiger partial charge >= 0.3 is 0 Å². The second kappa shape index (κ2) is 7.33. The van der Waals surface area contributed by atoms with Crippen LogP contribution in [-0.2, 0) is 4.79 Å². The van der Waals surface area contributed by atoms with Gasteiger partial charge in [-0.15, -0.1) is 0 Å². The third-order valence-corrected chi connectivity index (χ3v) is 3.61. The molecule has 5 heteroatoms. The second-order valence-electron chi connectivity index (χ2n) is 4.73. The van der Waals surface area contributed by atoms with Crippen molar-refractivity contribution in [3.8, 4) is 0 Å². The number of carbonyl (C=O) groups excluding carboxylic acids is 1. The first-order chi connectivity index (χ1) is 10.1. The Kier molecular flexibility index (Phi) is 5.47. The van der Waals surface area contributed by atoms with Gasteiger partial charge in [0.25, 0.3) is 0 Å². The molecule has 3 nitrogen and oxygen atoms in total. The first-order valence-electron chi connectivity index (χ1n) is 6.61. The molecule has 0 radical (unpaired) electrons. The summed E-state index contributed by atoms with van der Waals surface area (Å²) < 4.78 is 14.2. The Bertz CT molecular complexity index is 619. The van der Waals surface area contributed by atoms with Crippen LogP contribution in [0.15, 0.2) is 53.0 Å². The average Bonchev–Trinajstić information content (AvgIpc) is 2.49. The highest BCUT2D eigenvalue weighted by atomic mass is 79.9. The average molecular weight is 351 g/mol. The predicted octanol–water partition coefficient (Wildman–Crippen LogP) is 4.01. The van der Waals surface area contributed by atoms with E-state index in [-0.39, 0.29) is 24.1 Å². The van der Waals surface area contributed by atoms with Crippen LogP contribution in [0.25, 0.3) is 0 Å². The number of hydrogen-bond acceptors (Lipinski definition) is 2. The second-order valence-corrected chi connectivity index (χ2v) is 5.64. The number of anilines is 1. The van der Waals surface area contributed by atoms with Crippen LogP contribution in [0.5, 0.6) is 0 Å². The number of nitrogens with one attached hydrogen (secondary N) is 1. The maximum Gasteiger partial charge on any atom is 0.224 e. The first kappa shape index (κ1) is 15.7. The van der Waals surface area contributed by atoms with Crippen molar-refractivity contribution in [1.82, 2.24) is 0 Å². The Morgan fingerprint density at radius 3 is 2.67 bits per heavy atom. The van der Waals surface area contributed by atoms with E-state index in [1.54, 1.807) is 6.07 Å². The zero-order valence-corrected chi connectivity index (χ0v) is 12.9. The molecule has 1 atom stereocenters. The van der Waals surface area contributed by atoms with Gasteiger partial charge in [-0.2, -0.15) is 0 Å². The molecule has 21 heavy (non-hydrogen) atoms. The van der Waals surface area contributed by atoms with Gasteiger partial charge in [0.15, 0.2) is 0 Å². The Morgan fingerprint density at radius 2 is 1.95 bits per heavy atom. The summed E-state index contributed by atoms with van der Waals surface area (Å²) in [4.78, 5) is 11.9. The topological polar surface area (TPSA) is 55.1 Å². The van der Waals surface area contributed by atoms with E-state index in [2.05, 4.69) is 21.2 Å². The summed E-state index contributed by atoms with van der Waals surface area (Å²) >= 11 is 3.24. The summed E-state index contributed by atoms with van der Waals surface area (Å²) in [5.74, 6) is -0.711. The lowest BCUT2D eigenvalue weighted by molar-refractivity contribution is -0.116. The van der Waals surface area contributed by atoms with Gasteiger partial charge in [0, 0.05) is 16.9 Å². The van der Waals surface area contributed by atoms with E-state index in [4.69, 9.17) is 5.73 Å². The van der Waals surface area contributed by atoms with E-state index in [1.165, 1.54) is 12.1 Å². The molecule has 1 unspecified atom stereocenters. The fourth-order valence-electron chi connectivity index (χ4n) is 1.96. The Labute approximate surface area is 131 Å². The zero-order chi connectivity index (χ0) is 15.2. The molecule has 2 aromatic carbocycles. The minimum Gasteiger partial charge on any atom is -0.324 e. The fourth-order valence-corrected chi connectivity index (χ4v) is 2.32. The third kappa shape index (κ3) is 4.65. The number of hydrogen-bond donors (Lipinski definition) is 2. The Hall–Kier alpha value is -1.72. The van der Waals surface area contributed by atoms with Gasteiger partial charge in [-0.05, 0) is 30.2 Å². The molecule has 0 heterocycles. The molecule has 0 aliphatic carbocycles. The summed E-state index contributed by atoms with van der Waals surface area (Å²) in [5, 5.41) is 2.56. The van der Waals surface area contributed by atoms with Crippen molar-refractivity contribution in [2.75, 3.05) is 5.32 Å². The maximum atomic E-state index is 13.5. The largest absolute Gasteiger partial charge is 0.324 e. The van der Waals surface area contributed by atoms with Crippen molar-refractivity contribution in [2.24, 2.45) is 5.73 Å². The van der Waals surface area contributed by atoms with Crippen LogP contribution >= 0.6 is 15.9 Å². The smallest absolute Gasteiger partial charge is 0.224 e. The lowest BCUT2D eigenvalue weighted by atomic mass is 10.0. The highest BCUT2D eigenvalue weighted by Crippen LogP contribution is 2.21. The number of halogens is 2. The summed E-state index contributed by atoms with van der Waals surface area (Å²) in [6, 6.07) is 13.8. The van der Waals surface area contributed by atoms with E-state index < -0.39 is 5.82 Å². The molecule has 0 aliphatic rings. The van der Waals surface area contributed by atoms with Gasteiger partial charge in [-0.3, -0.25) is 4.79 Å². The standard InChI is InChI=1S/C16H16BrFN2O/c17-12-6-7-13(18)15(10-12)20-16(21)9-8-14(19)11-4-2-1-3-5-11/h1-7,10,14H,8-9,19H2,(H,20,21). The van der Waals surface area contributed by atoms with Crippen LogP contribution in [0.1, 0.15) is 24.4 Å². The maximum absolute atomic E-state index is 13.5. The van der Waals surface area contributed by atoms with Crippen LogP contribution in [0.3, 0.4) is 0 Å². The van der Waals surface area contributed by atoms with Crippen molar-refractivity contribution in [3.63, 3.8) is 0 Å². The Balaban J connectivity index is 1.89. The molecule has 3 N–H and O–H groups in total. The van der Waals surface area contributed by atoms with Crippen molar-refractivity contribution in [3.05, 3.63) is 64.4 Å². The molecule has 2 rings (SSSR count). The molecular weight excluding hydrogens is 335 g/mol. The third-order valence-electron chi connectivity index (χ3n) is 3.11. The van der Waals surface area contributed by atoms with Crippen molar-refractivity contribution >= 4 is 27.5 Å². The first-order valence-corrected chi connectivity index (χ1v) is 7.41. The molecule has 0 fully saturated rings. The number of benzene rings is 2. The van der Waals surface area contributed by atoms with Crippen LogP contribution in [-0.4, -0.2) is 5.91 Å². The molecule has 1 amide bonds. The fraction of sp³-hybridized carbons (Fsp3) is 0.188. The highest BCUT2D eigenvalue weighted by molar-refractivity contribution is 9.10. The van der Waals surface area contributed by atoms with E-state index in [9.17, 15) is 9.18 Å². The minimum atomic E-state index is -0.459. The summed E-state index contributed by atoms with van der Waals surface area (Å²) in [6.45, 7) is 0. The normalized spacial score (nSPS) is 12.0. The lowest BCUT2D eigenvalue weighted by Crippen LogP contribution is -2.17. The quantitative estimate of drug-likeness (QED) is 0.855. The molecule has 110 valence electrons. The van der Waals surface area contributed by atoms with Crippen LogP contribution in [0.4, 0.5) is 10.1 Å². The van der Waals surface area contributed by atoms with Gasteiger partial charge in [-0.1, -0.05) is 46.3 Å². The number of carbonyl (C=O) groups is 1. The van der Waals surface area contributed by atoms with Gasteiger partial charge in [0.2, 0.25) is 5.91 Å². The Morgan fingerprint density at radius 1 is 1.24 bits per heavy atom. The van der Waals surface area contributed by atoms with Crippen molar-refractivity contribution in [1.29, 1.82) is 0 Å². The monoisotopic (exact) mass is 350 g/mol.